The van der Waals surface area contributed by atoms with Crippen molar-refractivity contribution >= 4 is 39.0 Å². The maximum absolute atomic E-state index is 5.72. The lowest BCUT2D eigenvalue weighted by Crippen LogP contribution is -2.46. The van der Waals surface area contributed by atoms with Crippen LogP contribution in [-0.2, 0) is 29.5 Å². The molecule has 0 amide bonds. The summed E-state index contributed by atoms with van der Waals surface area (Å²) in [6.07, 6.45) is 9.42. The zero-order chi connectivity index (χ0) is 22.2. The third-order valence-corrected chi connectivity index (χ3v) is 8.12. The minimum absolute atomic E-state index is 0.432. The highest BCUT2D eigenvalue weighted by Crippen LogP contribution is 2.39. The van der Waals surface area contributed by atoms with Gasteiger partial charge in [0.2, 0.25) is 5.95 Å². The van der Waals surface area contributed by atoms with Crippen molar-refractivity contribution in [1.82, 2.24) is 24.6 Å². The first-order valence-corrected chi connectivity index (χ1v) is 12.8. The molecule has 0 unspecified atom stereocenters. The Labute approximate surface area is 197 Å². The van der Waals surface area contributed by atoms with Crippen LogP contribution >= 0.6 is 11.3 Å². The zero-order valence-electron chi connectivity index (χ0n) is 19.0. The lowest BCUT2D eigenvalue weighted by molar-refractivity contribution is 0.00791. The van der Waals surface area contributed by atoms with E-state index in [0.717, 1.165) is 68.5 Å². The molecule has 0 spiro atoms. The van der Waals surface area contributed by atoms with Crippen molar-refractivity contribution in [2.75, 3.05) is 43.5 Å². The summed E-state index contributed by atoms with van der Waals surface area (Å²) >= 11 is 1.73. The predicted molar refractivity (Wildman–Crippen MR) is 129 cm³/mol. The molecule has 5 heterocycles. The van der Waals surface area contributed by atoms with Gasteiger partial charge in [-0.05, 0) is 37.7 Å². The molecule has 2 N–H and O–H groups in total. The number of fused-ring (bicyclic) bond motifs is 3. The first-order chi connectivity index (χ1) is 16.2. The molecule has 176 valence electrons. The molecule has 10 heteroatoms. The molecule has 3 aromatic rings. The van der Waals surface area contributed by atoms with E-state index >= 15 is 0 Å². The van der Waals surface area contributed by atoms with E-state index < -0.39 is 0 Å². The van der Waals surface area contributed by atoms with Gasteiger partial charge in [0.05, 0.1) is 43.7 Å². The van der Waals surface area contributed by atoms with Gasteiger partial charge in [-0.1, -0.05) is 0 Å². The number of anilines is 3. The number of rotatable bonds is 5. The highest BCUT2D eigenvalue weighted by Gasteiger charge is 2.28. The molecule has 3 aromatic heterocycles. The van der Waals surface area contributed by atoms with Crippen molar-refractivity contribution in [3.63, 3.8) is 0 Å². The molecule has 1 aliphatic carbocycles. The normalized spacial score (nSPS) is 24.0. The van der Waals surface area contributed by atoms with Gasteiger partial charge in [-0.2, -0.15) is 10.1 Å². The number of aromatic nitrogens is 4. The second kappa shape index (κ2) is 9.17. The number of nitrogens with zero attached hydrogens (tertiary/aromatic N) is 5. The van der Waals surface area contributed by atoms with Crippen molar-refractivity contribution in [3.05, 3.63) is 22.8 Å². The average molecular weight is 470 g/mol. The van der Waals surface area contributed by atoms with E-state index in [2.05, 4.69) is 20.6 Å². The van der Waals surface area contributed by atoms with Crippen LogP contribution in [0.1, 0.15) is 36.1 Å². The lowest BCUT2D eigenvalue weighted by atomic mass is 9.90. The van der Waals surface area contributed by atoms with Crippen molar-refractivity contribution in [3.8, 4) is 0 Å². The van der Waals surface area contributed by atoms with Crippen LogP contribution in [0.2, 0.25) is 0 Å². The van der Waals surface area contributed by atoms with Gasteiger partial charge in [0.15, 0.2) is 0 Å². The summed E-state index contributed by atoms with van der Waals surface area (Å²) in [5.74, 6) is 1.57. The molecule has 9 nitrogen and oxygen atoms in total. The van der Waals surface area contributed by atoms with Gasteiger partial charge in [-0.25, -0.2) is 4.98 Å². The van der Waals surface area contributed by atoms with E-state index in [-0.39, 0.29) is 0 Å². The third kappa shape index (κ3) is 4.44. The number of hydrogen-bond acceptors (Lipinski definition) is 9. The minimum atomic E-state index is 0.432. The van der Waals surface area contributed by atoms with E-state index in [4.69, 9.17) is 19.4 Å². The van der Waals surface area contributed by atoms with Crippen molar-refractivity contribution < 1.29 is 9.47 Å². The molecule has 3 aliphatic rings. The van der Waals surface area contributed by atoms with Crippen LogP contribution in [-0.4, -0.2) is 69.6 Å². The SMILES string of the molecule is Cn1cc(Nc2nc(NC3CCC(N4CCOCC4)CC3)c3c4c(sc3n2)COCC4)cn1. The predicted octanol–water partition coefficient (Wildman–Crippen LogP) is 3.30. The molecule has 2 fully saturated rings. The van der Waals surface area contributed by atoms with E-state index in [1.54, 1.807) is 22.2 Å². The number of thiophene rings is 1. The molecule has 0 aromatic carbocycles. The number of nitrogens with one attached hydrogen (secondary N) is 2. The van der Waals surface area contributed by atoms with Gasteiger partial charge in [-0.15, -0.1) is 11.3 Å². The fourth-order valence-electron chi connectivity index (χ4n) is 5.32. The van der Waals surface area contributed by atoms with Gasteiger partial charge in [-0.3, -0.25) is 9.58 Å². The molecule has 33 heavy (non-hydrogen) atoms. The Morgan fingerprint density at radius 2 is 1.91 bits per heavy atom. The smallest absolute Gasteiger partial charge is 0.230 e. The Morgan fingerprint density at radius 1 is 1.06 bits per heavy atom. The van der Waals surface area contributed by atoms with Crippen LogP contribution in [0.5, 0.6) is 0 Å². The molecule has 0 atom stereocenters. The van der Waals surface area contributed by atoms with Crippen molar-refractivity contribution in [1.29, 1.82) is 0 Å². The van der Waals surface area contributed by atoms with Crippen LogP contribution in [0.4, 0.5) is 17.5 Å². The van der Waals surface area contributed by atoms with E-state index in [0.29, 0.717) is 24.6 Å². The number of aryl methyl sites for hydroxylation is 1. The number of morpholine rings is 1. The van der Waals surface area contributed by atoms with E-state index in [1.807, 2.05) is 13.2 Å². The Hall–Kier alpha value is -2.27. The van der Waals surface area contributed by atoms with Gasteiger partial charge >= 0.3 is 0 Å². The van der Waals surface area contributed by atoms with Gasteiger partial charge in [0.25, 0.3) is 0 Å². The topological polar surface area (TPSA) is 89.4 Å². The summed E-state index contributed by atoms with van der Waals surface area (Å²) in [6.45, 7) is 5.32. The quantitative estimate of drug-likeness (QED) is 0.588. The monoisotopic (exact) mass is 469 g/mol. The highest BCUT2D eigenvalue weighted by atomic mass is 32.1. The maximum Gasteiger partial charge on any atom is 0.230 e. The van der Waals surface area contributed by atoms with E-state index in [9.17, 15) is 0 Å². The number of ether oxygens (including phenoxy) is 2. The molecule has 0 bridgehead atoms. The molecule has 6 rings (SSSR count). The molecular weight excluding hydrogens is 438 g/mol. The summed E-state index contributed by atoms with van der Waals surface area (Å²) in [6, 6.07) is 1.12. The van der Waals surface area contributed by atoms with Gasteiger partial charge in [0, 0.05) is 43.3 Å². The third-order valence-electron chi connectivity index (χ3n) is 7.02. The fourth-order valence-corrected chi connectivity index (χ4v) is 6.48. The van der Waals surface area contributed by atoms with Crippen molar-refractivity contribution in [2.24, 2.45) is 7.05 Å². The number of hydrogen-bond donors (Lipinski definition) is 2. The fraction of sp³-hybridized carbons (Fsp3) is 0.609. The van der Waals surface area contributed by atoms with Crippen LogP contribution in [0, 0.1) is 0 Å². The molecular formula is C23H31N7O2S. The summed E-state index contributed by atoms with van der Waals surface area (Å²) in [5, 5.41) is 12.6. The Bertz CT molecular complexity index is 1120. The standard InChI is InChI=1S/C23H31N7O2S/c1-29-13-16(12-24-29)26-23-27-21(20-18-6-9-32-14-19(18)33-22(20)28-23)25-15-2-4-17(5-3-15)30-7-10-31-11-8-30/h12-13,15,17H,2-11,14H2,1H3,(H2,25,26,27,28). The molecule has 1 saturated heterocycles. The minimum Gasteiger partial charge on any atom is -0.379 e. The zero-order valence-corrected chi connectivity index (χ0v) is 19.9. The molecule has 2 aliphatic heterocycles. The summed E-state index contributed by atoms with van der Waals surface area (Å²) in [7, 11) is 1.91. The van der Waals surface area contributed by atoms with Gasteiger partial charge in [0.1, 0.15) is 10.6 Å². The Balaban J connectivity index is 1.25. The average Bonchev–Trinajstić information content (AvgIpc) is 3.43. The van der Waals surface area contributed by atoms with Crippen molar-refractivity contribution in [2.45, 2.75) is 50.8 Å². The second-order valence-electron chi connectivity index (χ2n) is 9.21. The first kappa shape index (κ1) is 21.3. The highest BCUT2D eigenvalue weighted by molar-refractivity contribution is 7.19. The van der Waals surface area contributed by atoms with Crippen LogP contribution in [0.3, 0.4) is 0 Å². The Morgan fingerprint density at radius 3 is 2.70 bits per heavy atom. The summed E-state index contributed by atoms with van der Waals surface area (Å²) in [5.41, 5.74) is 2.25. The van der Waals surface area contributed by atoms with Gasteiger partial charge < -0.3 is 20.1 Å². The summed E-state index contributed by atoms with van der Waals surface area (Å²) < 4.78 is 13.0. The largest absolute Gasteiger partial charge is 0.379 e. The molecule has 1 saturated carbocycles. The first-order valence-electron chi connectivity index (χ1n) is 12.0. The maximum atomic E-state index is 5.72. The lowest BCUT2D eigenvalue weighted by Gasteiger charge is -2.39. The van der Waals surface area contributed by atoms with Crippen LogP contribution in [0.15, 0.2) is 12.4 Å². The van der Waals surface area contributed by atoms with Crippen LogP contribution in [0.25, 0.3) is 10.2 Å². The molecule has 0 radical (unpaired) electrons. The van der Waals surface area contributed by atoms with E-state index in [1.165, 1.54) is 28.7 Å². The van der Waals surface area contributed by atoms with Crippen LogP contribution < -0.4 is 10.6 Å². The second-order valence-corrected chi connectivity index (χ2v) is 10.3. The summed E-state index contributed by atoms with van der Waals surface area (Å²) in [4.78, 5) is 14.7. The Kier molecular flexibility index (Phi) is 5.91.